The number of fused-ring (bicyclic) bond motifs is 1. The summed E-state index contributed by atoms with van der Waals surface area (Å²) in [4.78, 5) is 19.9. The Kier molecular flexibility index (Phi) is 4.35. The number of amides is 1. The van der Waals surface area contributed by atoms with E-state index >= 15 is 0 Å². The van der Waals surface area contributed by atoms with Gasteiger partial charge in [-0.15, -0.1) is 0 Å². The minimum absolute atomic E-state index is 0.101. The van der Waals surface area contributed by atoms with Crippen LogP contribution in [-0.4, -0.2) is 29.0 Å². The summed E-state index contributed by atoms with van der Waals surface area (Å²) < 4.78 is 0. The summed E-state index contributed by atoms with van der Waals surface area (Å²) in [6.07, 6.45) is 5.46. The van der Waals surface area contributed by atoms with Crippen LogP contribution >= 0.6 is 22.7 Å². The molecule has 1 N–H and O–H groups in total. The number of thiazole rings is 1. The molecule has 24 heavy (non-hydrogen) atoms. The molecule has 1 atom stereocenters. The van der Waals surface area contributed by atoms with Crippen molar-refractivity contribution in [3.8, 4) is 10.6 Å². The second kappa shape index (κ2) is 6.48. The molecule has 2 aliphatic rings. The first kappa shape index (κ1) is 16.1. The number of nitrogens with zero attached hydrogens (tertiary/aromatic N) is 2. The van der Waals surface area contributed by atoms with Gasteiger partial charge in [0.2, 0.25) is 5.91 Å². The standard InChI is InChI=1S/C18H23N3OS2/c1-11(2)21-15(16(22)19-13-5-3-4-6-13)9-14-18(21)24-17(20-14)12-7-8-23-10-12/h7-8,10-11,13,15H,3-6,9H2,1-2H3,(H,19,22)/t15-/m1/s1. The summed E-state index contributed by atoms with van der Waals surface area (Å²) in [5, 5.41) is 9.74. The van der Waals surface area contributed by atoms with Crippen molar-refractivity contribution in [3.05, 3.63) is 22.5 Å². The molecule has 0 spiro atoms. The first-order valence-corrected chi connectivity index (χ1v) is 10.5. The van der Waals surface area contributed by atoms with E-state index in [9.17, 15) is 4.79 Å². The first-order valence-electron chi connectivity index (χ1n) is 8.74. The minimum atomic E-state index is -0.101. The van der Waals surface area contributed by atoms with Gasteiger partial charge >= 0.3 is 0 Å². The third kappa shape index (κ3) is 2.86. The highest BCUT2D eigenvalue weighted by Gasteiger charge is 2.39. The van der Waals surface area contributed by atoms with E-state index in [1.165, 1.54) is 23.4 Å². The number of anilines is 1. The van der Waals surface area contributed by atoms with Crippen LogP contribution in [0.3, 0.4) is 0 Å². The van der Waals surface area contributed by atoms with Gasteiger partial charge in [0.1, 0.15) is 16.1 Å². The first-order chi connectivity index (χ1) is 11.6. The van der Waals surface area contributed by atoms with E-state index in [0.717, 1.165) is 30.0 Å². The van der Waals surface area contributed by atoms with Gasteiger partial charge in [-0.1, -0.05) is 24.2 Å². The zero-order valence-electron chi connectivity index (χ0n) is 14.1. The maximum atomic E-state index is 12.8. The summed E-state index contributed by atoms with van der Waals surface area (Å²) >= 11 is 3.42. The van der Waals surface area contributed by atoms with E-state index in [4.69, 9.17) is 4.98 Å². The number of thiophene rings is 1. The molecule has 0 aromatic carbocycles. The predicted molar refractivity (Wildman–Crippen MR) is 101 cm³/mol. The maximum Gasteiger partial charge on any atom is 0.243 e. The van der Waals surface area contributed by atoms with Crippen molar-refractivity contribution in [2.45, 2.75) is 64.1 Å². The molecule has 0 bridgehead atoms. The lowest BCUT2D eigenvalue weighted by Crippen LogP contribution is -2.50. The fourth-order valence-corrected chi connectivity index (χ4v) is 5.78. The molecule has 4 nitrogen and oxygen atoms in total. The van der Waals surface area contributed by atoms with Gasteiger partial charge < -0.3 is 10.2 Å². The van der Waals surface area contributed by atoms with Crippen molar-refractivity contribution in [2.24, 2.45) is 0 Å². The lowest BCUT2D eigenvalue weighted by molar-refractivity contribution is -0.123. The van der Waals surface area contributed by atoms with Crippen LogP contribution in [0.2, 0.25) is 0 Å². The van der Waals surface area contributed by atoms with Crippen LogP contribution in [0.5, 0.6) is 0 Å². The fourth-order valence-electron chi connectivity index (χ4n) is 3.79. The minimum Gasteiger partial charge on any atom is -0.352 e. The number of carbonyl (C=O) groups is 1. The lowest BCUT2D eigenvalue weighted by atomic mass is 10.1. The molecule has 0 unspecified atom stereocenters. The molecule has 1 fully saturated rings. The van der Waals surface area contributed by atoms with Crippen LogP contribution < -0.4 is 10.2 Å². The second-order valence-electron chi connectivity index (χ2n) is 6.99. The van der Waals surface area contributed by atoms with Crippen molar-refractivity contribution < 1.29 is 4.79 Å². The van der Waals surface area contributed by atoms with Gasteiger partial charge in [0.15, 0.2) is 0 Å². The molecule has 0 radical (unpaired) electrons. The lowest BCUT2D eigenvalue weighted by Gasteiger charge is -2.30. The third-order valence-electron chi connectivity index (χ3n) is 4.96. The van der Waals surface area contributed by atoms with E-state index in [1.807, 2.05) is 0 Å². The summed E-state index contributed by atoms with van der Waals surface area (Å²) in [7, 11) is 0. The Labute approximate surface area is 150 Å². The molecule has 1 amide bonds. The Balaban J connectivity index is 1.56. The highest BCUT2D eigenvalue weighted by Crippen LogP contribution is 2.42. The monoisotopic (exact) mass is 361 g/mol. The zero-order chi connectivity index (χ0) is 16.7. The van der Waals surface area contributed by atoms with Crippen LogP contribution in [0.15, 0.2) is 16.8 Å². The molecule has 0 saturated heterocycles. The van der Waals surface area contributed by atoms with Crippen LogP contribution in [0, 0.1) is 0 Å². The fraction of sp³-hybridized carbons (Fsp3) is 0.556. The van der Waals surface area contributed by atoms with Crippen LogP contribution in [-0.2, 0) is 11.2 Å². The summed E-state index contributed by atoms with van der Waals surface area (Å²) in [5.74, 6) is 0.179. The van der Waals surface area contributed by atoms with Crippen molar-refractivity contribution in [1.82, 2.24) is 10.3 Å². The van der Waals surface area contributed by atoms with Crippen LogP contribution in [0.25, 0.3) is 10.6 Å². The number of carbonyl (C=O) groups excluding carboxylic acids is 1. The molecular weight excluding hydrogens is 338 g/mol. The highest BCUT2D eigenvalue weighted by molar-refractivity contribution is 7.19. The Morgan fingerprint density at radius 1 is 1.38 bits per heavy atom. The quantitative estimate of drug-likeness (QED) is 0.893. The van der Waals surface area contributed by atoms with Crippen molar-refractivity contribution >= 4 is 33.6 Å². The average molecular weight is 362 g/mol. The van der Waals surface area contributed by atoms with Gasteiger partial charge in [0.05, 0.1) is 5.69 Å². The summed E-state index contributed by atoms with van der Waals surface area (Å²) in [6, 6.07) is 2.68. The van der Waals surface area contributed by atoms with Crippen molar-refractivity contribution in [1.29, 1.82) is 0 Å². The predicted octanol–water partition coefficient (Wildman–Crippen LogP) is 4.07. The third-order valence-corrected chi connectivity index (χ3v) is 6.81. The smallest absolute Gasteiger partial charge is 0.243 e. The highest BCUT2D eigenvalue weighted by atomic mass is 32.1. The number of nitrogens with one attached hydrogen (secondary N) is 1. The Bertz CT molecular complexity index is 717. The second-order valence-corrected chi connectivity index (χ2v) is 8.75. The number of hydrogen-bond acceptors (Lipinski definition) is 5. The molecule has 1 aliphatic carbocycles. The van der Waals surface area contributed by atoms with Gasteiger partial charge in [-0.2, -0.15) is 11.3 Å². The van der Waals surface area contributed by atoms with Crippen LogP contribution in [0.1, 0.15) is 45.2 Å². The van der Waals surface area contributed by atoms with E-state index in [-0.39, 0.29) is 11.9 Å². The van der Waals surface area contributed by atoms with Gasteiger partial charge in [0, 0.05) is 29.4 Å². The van der Waals surface area contributed by atoms with Gasteiger partial charge in [0.25, 0.3) is 0 Å². The molecule has 1 aliphatic heterocycles. The SMILES string of the molecule is CC(C)N1c2sc(-c3ccsc3)nc2C[C@@H]1C(=O)NC1CCCC1. The van der Waals surface area contributed by atoms with E-state index < -0.39 is 0 Å². The Morgan fingerprint density at radius 3 is 2.83 bits per heavy atom. The average Bonchev–Trinajstić information content (AvgIpc) is 3.29. The Morgan fingerprint density at radius 2 is 2.17 bits per heavy atom. The number of aromatic nitrogens is 1. The van der Waals surface area contributed by atoms with Crippen molar-refractivity contribution in [2.75, 3.05) is 4.90 Å². The molecule has 6 heteroatoms. The molecular formula is C18H23N3OS2. The van der Waals surface area contributed by atoms with Gasteiger partial charge in [-0.25, -0.2) is 4.98 Å². The van der Waals surface area contributed by atoms with Gasteiger partial charge in [-0.05, 0) is 38.1 Å². The van der Waals surface area contributed by atoms with Gasteiger partial charge in [-0.3, -0.25) is 4.79 Å². The normalized spacial score (nSPS) is 20.8. The topological polar surface area (TPSA) is 45.2 Å². The largest absolute Gasteiger partial charge is 0.352 e. The maximum absolute atomic E-state index is 12.8. The molecule has 2 aromatic heterocycles. The molecule has 128 valence electrons. The summed E-state index contributed by atoms with van der Waals surface area (Å²) in [5.41, 5.74) is 2.27. The molecule has 2 aromatic rings. The molecule has 1 saturated carbocycles. The summed E-state index contributed by atoms with van der Waals surface area (Å²) in [6.45, 7) is 4.32. The zero-order valence-corrected chi connectivity index (χ0v) is 15.8. The van der Waals surface area contributed by atoms with E-state index in [1.54, 1.807) is 22.7 Å². The molecule has 3 heterocycles. The van der Waals surface area contributed by atoms with Crippen molar-refractivity contribution in [3.63, 3.8) is 0 Å². The van der Waals surface area contributed by atoms with E-state index in [0.29, 0.717) is 12.1 Å². The number of hydrogen-bond donors (Lipinski definition) is 1. The molecule has 4 rings (SSSR count). The Hall–Kier alpha value is -1.40. The number of rotatable bonds is 4. The van der Waals surface area contributed by atoms with Crippen LogP contribution in [0.4, 0.5) is 5.00 Å². The van der Waals surface area contributed by atoms with E-state index in [2.05, 4.69) is 40.9 Å².